The molecule has 0 unspecified atom stereocenters. The first-order valence-corrected chi connectivity index (χ1v) is 11.8. The first-order chi connectivity index (χ1) is 16.5. The van der Waals surface area contributed by atoms with Gasteiger partial charge in [0.25, 0.3) is 0 Å². The number of hydrogen-bond donors (Lipinski definition) is 0. The Labute approximate surface area is 201 Å². The maximum Gasteiger partial charge on any atom is 0.135 e. The molecule has 2 heteroatoms. The van der Waals surface area contributed by atoms with Crippen LogP contribution in [0.5, 0.6) is 11.5 Å². The van der Waals surface area contributed by atoms with Gasteiger partial charge in [-0.05, 0) is 61.1 Å². The van der Waals surface area contributed by atoms with E-state index in [1.54, 1.807) is 0 Å². The third kappa shape index (κ3) is 4.01. The lowest BCUT2D eigenvalue weighted by molar-refractivity contribution is 0.307. The van der Waals surface area contributed by atoms with Gasteiger partial charge in [0.2, 0.25) is 0 Å². The van der Waals surface area contributed by atoms with Crippen LogP contribution in [0.3, 0.4) is 0 Å². The molecule has 0 saturated heterocycles. The van der Waals surface area contributed by atoms with Crippen molar-refractivity contribution in [2.45, 2.75) is 40.9 Å². The smallest absolute Gasteiger partial charge is 0.135 e. The summed E-state index contributed by atoms with van der Waals surface area (Å²) >= 11 is 0. The fraction of sp³-hybridized carbons (Fsp3) is 0.188. The van der Waals surface area contributed by atoms with Gasteiger partial charge in [0.1, 0.15) is 24.7 Å². The minimum Gasteiger partial charge on any atom is -0.488 e. The third-order valence-corrected chi connectivity index (χ3v) is 7.01. The zero-order valence-corrected chi connectivity index (χ0v) is 20.3. The lowest BCUT2D eigenvalue weighted by atomic mass is 10.00. The lowest BCUT2D eigenvalue weighted by Gasteiger charge is -2.19. The Morgan fingerprint density at radius 1 is 0.441 bits per heavy atom. The van der Waals surface area contributed by atoms with Crippen molar-refractivity contribution in [2.24, 2.45) is 0 Å². The number of aryl methyl sites for hydroxylation is 2. The topological polar surface area (TPSA) is 18.5 Å². The Bertz CT molecular complexity index is 1330. The van der Waals surface area contributed by atoms with Crippen molar-refractivity contribution in [1.29, 1.82) is 0 Å². The van der Waals surface area contributed by atoms with Crippen LogP contribution in [0, 0.1) is 27.7 Å². The van der Waals surface area contributed by atoms with Crippen LogP contribution >= 0.6 is 0 Å². The van der Waals surface area contributed by atoms with Gasteiger partial charge in [0.15, 0.2) is 0 Å². The predicted octanol–water partition coefficient (Wildman–Crippen LogP) is 8.38. The molecule has 0 fully saturated rings. The molecule has 0 spiro atoms. The van der Waals surface area contributed by atoms with Crippen LogP contribution in [0.25, 0.3) is 21.5 Å². The Kier molecular flexibility index (Phi) is 5.98. The molecule has 5 aromatic carbocycles. The third-order valence-electron chi connectivity index (χ3n) is 7.01. The fourth-order valence-electron chi connectivity index (χ4n) is 4.60. The maximum atomic E-state index is 6.55. The summed E-state index contributed by atoms with van der Waals surface area (Å²) < 4.78 is 13.1. The van der Waals surface area contributed by atoms with Gasteiger partial charge in [0.05, 0.1) is 0 Å². The zero-order valence-electron chi connectivity index (χ0n) is 20.3. The zero-order chi connectivity index (χ0) is 23.7. The van der Waals surface area contributed by atoms with Gasteiger partial charge in [-0.15, -0.1) is 0 Å². The van der Waals surface area contributed by atoms with Gasteiger partial charge in [-0.2, -0.15) is 0 Å². The van der Waals surface area contributed by atoms with Crippen molar-refractivity contribution >= 4 is 21.5 Å². The summed E-state index contributed by atoms with van der Waals surface area (Å²) in [5, 5.41) is 4.29. The minimum absolute atomic E-state index is 0.532. The van der Waals surface area contributed by atoms with Crippen LogP contribution in [0.2, 0.25) is 0 Å². The predicted molar refractivity (Wildman–Crippen MR) is 142 cm³/mol. The summed E-state index contributed by atoms with van der Waals surface area (Å²) in [5.41, 5.74) is 7.55. The molecule has 170 valence electrons. The van der Waals surface area contributed by atoms with Crippen LogP contribution in [0.1, 0.15) is 33.4 Å². The SMILES string of the molecule is Cc1cccc(COc2c3ccccc3c(OCc3cccc(C)c3C)c3ccccc23)c1C. The molecular weight excluding hydrogens is 416 g/mol. The van der Waals surface area contributed by atoms with Gasteiger partial charge >= 0.3 is 0 Å². The van der Waals surface area contributed by atoms with Crippen molar-refractivity contribution in [3.8, 4) is 11.5 Å². The second kappa shape index (κ2) is 9.23. The highest BCUT2D eigenvalue weighted by Gasteiger charge is 2.17. The number of fused-ring (bicyclic) bond motifs is 2. The Balaban J connectivity index is 1.59. The normalized spacial score (nSPS) is 11.2. The van der Waals surface area contributed by atoms with E-state index in [0.29, 0.717) is 13.2 Å². The summed E-state index contributed by atoms with van der Waals surface area (Å²) in [6, 6.07) is 29.6. The molecule has 0 radical (unpaired) electrons. The highest BCUT2D eigenvalue weighted by Crippen LogP contribution is 2.43. The van der Waals surface area contributed by atoms with Crippen LogP contribution < -0.4 is 9.47 Å². The van der Waals surface area contributed by atoms with E-state index in [-0.39, 0.29) is 0 Å². The quantitative estimate of drug-likeness (QED) is 0.244. The minimum atomic E-state index is 0.532. The van der Waals surface area contributed by atoms with E-state index in [1.165, 1.54) is 33.4 Å². The molecule has 0 atom stereocenters. The molecule has 0 bridgehead atoms. The number of rotatable bonds is 6. The molecule has 0 amide bonds. The highest BCUT2D eigenvalue weighted by atomic mass is 16.5. The van der Waals surface area contributed by atoms with Gasteiger partial charge in [-0.1, -0.05) is 84.9 Å². The molecule has 0 aromatic heterocycles. The number of ether oxygens (including phenoxy) is 2. The highest BCUT2D eigenvalue weighted by molar-refractivity contribution is 6.11. The van der Waals surface area contributed by atoms with E-state index in [4.69, 9.17) is 9.47 Å². The van der Waals surface area contributed by atoms with Crippen LogP contribution in [-0.4, -0.2) is 0 Å². The Morgan fingerprint density at radius 3 is 1.15 bits per heavy atom. The van der Waals surface area contributed by atoms with E-state index in [0.717, 1.165) is 33.0 Å². The molecule has 5 rings (SSSR count). The van der Waals surface area contributed by atoms with Crippen molar-refractivity contribution in [1.82, 2.24) is 0 Å². The summed E-state index contributed by atoms with van der Waals surface area (Å²) in [7, 11) is 0. The molecule has 2 nitrogen and oxygen atoms in total. The Morgan fingerprint density at radius 2 is 0.794 bits per heavy atom. The fourth-order valence-corrected chi connectivity index (χ4v) is 4.60. The molecule has 0 aliphatic rings. The van der Waals surface area contributed by atoms with Gasteiger partial charge in [-0.3, -0.25) is 0 Å². The van der Waals surface area contributed by atoms with E-state index in [2.05, 4.69) is 113 Å². The van der Waals surface area contributed by atoms with Gasteiger partial charge < -0.3 is 9.47 Å². The first-order valence-electron chi connectivity index (χ1n) is 11.8. The van der Waals surface area contributed by atoms with Crippen LogP contribution in [0.4, 0.5) is 0 Å². The monoisotopic (exact) mass is 446 g/mol. The molecule has 0 saturated carbocycles. The second-order valence-electron chi connectivity index (χ2n) is 9.04. The molecule has 0 aliphatic heterocycles. The first kappa shape index (κ1) is 22.0. The molecule has 0 heterocycles. The van der Waals surface area contributed by atoms with E-state index >= 15 is 0 Å². The average molecular weight is 447 g/mol. The summed E-state index contributed by atoms with van der Waals surface area (Å²) in [6.07, 6.45) is 0. The van der Waals surface area contributed by atoms with Crippen LogP contribution in [0.15, 0.2) is 84.9 Å². The van der Waals surface area contributed by atoms with Crippen LogP contribution in [-0.2, 0) is 13.2 Å². The molecule has 0 N–H and O–H groups in total. The summed E-state index contributed by atoms with van der Waals surface area (Å²) in [4.78, 5) is 0. The van der Waals surface area contributed by atoms with Crippen molar-refractivity contribution in [2.75, 3.05) is 0 Å². The van der Waals surface area contributed by atoms with E-state index < -0.39 is 0 Å². The van der Waals surface area contributed by atoms with Crippen molar-refractivity contribution in [3.63, 3.8) is 0 Å². The summed E-state index contributed by atoms with van der Waals surface area (Å²) in [5.74, 6) is 1.82. The molecule has 34 heavy (non-hydrogen) atoms. The number of hydrogen-bond acceptors (Lipinski definition) is 2. The van der Waals surface area contributed by atoms with Gasteiger partial charge in [-0.25, -0.2) is 0 Å². The standard InChI is InChI=1S/C32H30O2/c1-21-11-9-13-25(23(21)3)19-33-31-27-15-5-7-17-29(27)32(30-18-8-6-16-28(30)31)34-20-26-14-10-12-22(2)24(26)4/h5-18H,19-20H2,1-4H3. The maximum absolute atomic E-state index is 6.55. The summed E-state index contributed by atoms with van der Waals surface area (Å²) in [6.45, 7) is 9.68. The van der Waals surface area contributed by atoms with Crippen molar-refractivity contribution in [3.05, 3.63) is 118 Å². The molecule has 5 aromatic rings. The van der Waals surface area contributed by atoms with Gasteiger partial charge in [0, 0.05) is 21.5 Å². The van der Waals surface area contributed by atoms with E-state index in [9.17, 15) is 0 Å². The second-order valence-corrected chi connectivity index (χ2v) is 9.04. The lowest BCUT2D eigenvalue weighted by Crippen LogP contribution is -2.03. The van der Waals surface area contributed by atoms with E-state index in [1.807, 2.05) is 0 Å². The largest absolute Gasteiger partial charge is 0.488 e. The van der Waals surface area contributed by atoms with Crippen molar-refractivity contribution < 1.29 is 9.47 Å². The number of benzene rings is 5. The molecular formula is C32H30O2. The average Bonchev–Trinajstić information content (AvgIpc) is 2.86. The Hall–Kier alpha value is -3.78. The molecule has 0 aliphatic carbocycles.